The number of amides is 1. The van der Waals surface area contributed by atoms with Gasteiger partial charge >= 0.3 is 5.97 Å². The molecule has 1 fully saturated rings. The Morgan fingerprint density at radius 3 is 2.61 bits per heavy atom. The molecule has 28 heavy (non-hydrogen) atoms. The predicted molar refractivity (Wildman–Crippen MR) is 97.9 cm³/mol. The molecule has 2 heterocycles. The molecule has 150 valence electrons. The Labute approximate surface area is 161 Å². The first kappa shape index (κ1) is 19.9. The van der Waals surface area contributed by atoms with Gasteiger partial charge in [-0.05, 0) is 25.0 Å². The molecule has 0 radical (unpaired) electrons. The first-order valence-corrected chi connectivity index (χ1v) is 9.15. The highest BCUT2D eigenvalue weighted by atomic mass is 19.1. The highest BCUT2D eigenvalue weighted by Gasteiger charge is 2.40. The minimum atomic E-state index is -1.07. The molecule has 1 saturated heterocycles. The van der Waals surface area contributed by atoms with Crippen LogP contribution in [-0.4, -0.2) is 51.5 Å². The third-order valence-electron chi connectivity index (χ3n) is 4.92. The number of carboxylic acid groups (broad SMARTS) is 1. The molecule has 0 atom stereocenters. The topological polar surface area (TPSA) is 106 Å². The van der Waals surface area contributed by atoms with Gasteiger partial charge in [-0.15, -0.1) is 5.10 Å². The standard InChI is InChI=1S/C19H23FN4O4/c1-12(2)16-22-15(23-24(16)14-6-4-3-5-13(14)20)17(25)21-11-19(18(26)27)7-9-28-10-8-19/h3-6,12H,7-11H2,1-2H3,(H,21,25)(H,26,27). The number of hydrogen-bond acceptors (Lipinski definition) is 5. The summed E-state index contributed by atoms with van der Waals surface area (Å²) in [6, 6.07) is 6.10. The van der Waals surface area contributed by atoms with Crippen LogP contribution in [0.4, 0.5) is 4.39 Å². The van der Waals surface area contributed by atoms with Crippen molar-refractivity contribution in [3.8, 4) is 5.69 Å². The lowest BCUT2D eigenvalue weighted by Crippen LogP contribution is -2.46. The van der Waals surface area contributed by atoms with E-state index in [1.165, 1.54) is 10.7 Å². The zero-order valence-corrected chi connectivity index (χ0v) is 15.8. The highest BCUT2D eigenvalue weighted by Crippen LogP contribution is 2.30. The summed E-state index contributed by atoms with van der Waals surface area (Å²) in [6.07, 6.45) is 0.633. The predicted octanol–water partition coefficient (Wildman–Crippen LogP) is 2.14. The van der Waals surface area contributed by atoms with Crippen LogP contribution in [0.25, 0.3) is 5.69 Å². The lowest BCUT2D eigenvalue weighted by atomic mass is 9.80. The van der Waals surface area contributed by atoms with Gasteiger partial charge in [0.1, 0.15) is 17.3 Å². The molecule has 0 spiro atoms. The number of aromatic nitrogens is 3. The van der Waals surface area contributed by atoms with E-state index in [2.05, 4.69) is 15.4 Å². The van der Waals surface area contributed by atoms with Crippen molar-refractivity contribution in [1.82, 2.24) is 20.1 Å². The summed E-state index contributed by atoms with van der Waals surface area (Å²) in [7, 11) is 0. The maximum atomic E-state index is 14.2. The van der Waals surface area contributed by atoms with Crippen molar-refractivity contribution in [1.29, 1.82) is 0 Å². The fourth-order valence-corrected chi connectivity index (χ4v) is 3.15. The van der Waals surface area contributed by atoms with E-state index in [9.17, 15) is 19.1 Å². The van der Waals surface area contributed by atoms with Gasteiger partial charge in [0.05, 0.1) is 5.41 Å². The molecule has 1 aromatic heterocycles. The number of benzene rings is 1. The second-order valence-corrected chi connectivity index (χ2v) is 7.19. The average molecular weight is 390 g/mol. The minimum absolute atomic E-state index is 0.0459. The fourth-order valence-electron chi connectivity index (χ4n) is 3.15. The van der Waals surface area contributed by atoms with E-state index in [0.29, 0.717) is 31.9 Å². The van der Waals surface area contributed by atoms with Crippen molar-refractivity contribution in [2.75, 3.05) is 19.8 Å². The molecular weight excluding hydrogens is 367 g/mol. The van der Waals surface area contributed by atoms with Crippen molar-refractivity contribution in [2.45, 2.75) is 32.6 Å². The van der Waals surface area contributed by atoms with E-state index >= 15 is 0 Å². The van der Waals surface area contributed by atoms with E-state index in [1.54, 1.807) is 18.2 Å². The number of para-hydroxylation sites is 1. The number of carbonyl (C=O) groups excluding carboxylic acids is 1. The number of aliphatic carboxylic acids is 1. The lowest BCUT2D eigenvalue weighted by Gasteiger charge is -2.32. The number of halogens is 1. The summed E-state index contributed by atoms with van der Waals surface area (Å²) >= 11 is 0. The van der Waals surface area contributed by atoms with Crippen molar-refractivity contribution in [3.63, 3.8) is 0 Å². The Morgan fingerprint density at radius 1 is 1.32 bits per heavy atom. The average Bonchev–Trinajstić information content (AvgIpc) is 3.13. The maximum Gasteiger partial charge on any atom is 0.311 e. The number of rotatable bonds is 6. The van der Waals surface area contributed by atoms with E-state index in [1.807, 2.05) is 13.8 Å². The van der Waals surface area contributed by atoms with Crippen LogP contribution in [0.1, 0.15) is 49.1 Å². The second-order valence-electron chi connectivity index (χ2n) is 7.19. The van der Waals surface area contributed by atoms with E-state index < -0.39 is 23.1 Å². The molecule has 9 heteroatoms. The number of hydrogen-bond donors (Lipinski definition) is 2. The van der Waals surface area contributed by atoms with Crippen LogP contribution in [0, 0.1) is 11.2 Å². The van der Waals surface area contributed by atoms with Crippen LogP contribution in [-0.2, 0) is 9.53 Å². The van der Waals surface area contributed by atoms with Gasteiger partial charge in [-0.25, -0.2) is 14.1 Å². The van der Waals surface area contributed by atoms with Crippen LogP contribution in [0.2, 0.25) is 0 Å². The Bertz CT molecular complexity index is 875. The van der Waals surface area contributed by atoms with Gasteiger partial charge in [-0.2, -0.15) is 0 Å². The summed E-state index contributed by atoms with van der Waals surface area (Å²) < 4.78 is 20.7. The number of carbonyl (C=O) groups is 2. The summed E-state index contributed by atoms with van der Waals surface area (Å²) in [4.78, 5) is 28.6. The van der Waals surface area contributed by atoms with Crippen LogP contribution in [0.15, 0.2) is 24.3 Å². The minimum Gasteiger partial charge on any atom is -0.481 e. The van der Waals surface area contributed by atoms with Crippen molar-refractivity contribution >= 4 is 11.9 Å². The quantitative estimate of drug-likeness (QED) is 0.783. The normalized spacial score (nSPS) is 16.1. The second kappa shape index (κ2) is 8.05. The molecule has 0 bridgehead atoms. The number of nitrogens with one attached hydrogen (secondary N) is 1. The van der Waals surface area contributed by atoms with Gasteiger partial charge in [-0.3, -0.25) is 9.59 Å². The summed E-state index contributed by atoms with van der Waals surface area (Å²) in [5.41, 5.74) is -0.868. The SMILES string of the molecule is CC(C)c1nc(C(=O)NCC2(C(=O)O)CCOCC2)nn1-c1ccccc1F. The first-order valence-electron chi connectivity index (χ1n) is 9.15. The maximum absolute atomic E-state index is 14.2. The van der Waals surface area contributed by atoms with Gasteiger partial charge in [-0.1, -0.05) is 26.0 Å². The Kier molecular flexibility index (Phi) is 5.73. The fraction of sp³-hybridized carbons (Fsp3) is 0.474. The molecule has 1 aromatic carbocycles. The van der Waals surface area contributed by atoms with Gasteiger partial charge in [0.25, 0.3) is 5.91 Å². The molecule has 0 unspecified atom stereocenters. The summed E-state index contributed by atoms with van der Waals surface area (Å²) in [5, 5.41) is 16.4. The number of carboxylic acids is 1. The first-order chi connectivity index (χ1) is 13.3. The molecule has 0 aliphatic carbocycles. The van der Waals surface area contributed by atoms with Crippen LogP contribution in [0.5, 0.6) is 0 Å². The molecule has 2 N–H and O–H groups in total. The summed E-state index contributed by atoms with van der Waals surface area (Å²) in [5.74, 6) is -1.83. The number of ether oxygens (including phenoxy) is 1. The molecule has 8 nitrogen and oxygen atoms in total. The van der Waals surface area contributed by atoms with Crippen LogP contribution < -0.4 is 5.32 Å². The molecule has 1 amide bonds. The third kappa shape index (κ3) is 3.89. The Morgan fingerprint density at radius 2 is 2.00 bits per heavy atom. The van der Waals surface area contributed by atoms with Crippen molar-refractivity contribution in [2.24, 2.45) is 5.41 Å². The zero-order chi connectivity index (χ0) is 20.3. The van der Waals surface area contributed by atoms with Crippen molar-refractivity contribution < 1.29 is 23.8 Å². The lowest BCUT2D eigenvalue weighted by molar-refractivity contribution is -0.154. The Hall–Kier alpha value is -2.81. The highest BCUT2D eigenvalue weighted by molar-refractivity contribution is 5.91. The van der Waals surface area contributed by atoms with Gasteiger partial charge in [0.2, 0.25) is 5.82 Å². The monoisotopic (exact) mass is 390 g/mol. The van der Waals surface area contributed by atoms with Crippen molar-refractivity contribution in [3.05, 3.63) is 41.7 Å². The van der Waals surface area contributed by atoms with Crippen LogP contribution in [0.3, 0.4) is 0 Å². The van der Waals surface area contributed by atoms with Gasteiger partial charge in [0.15, 0.2) is 0 Å². The smallest absolute Gasteiger partial charge is 0.311 e. The number of nitrogens with zero attached hydrogens (tertiary/aromatic N) is 3. The summed E-state index contributed by atoms with van der Waals surface area (Å²) in [6.45, 7) is 4.35. The Balaban J connectivity index is 1.83. The van der Waals surface area contributed by atoms with E-state index in [-0.39, 0.29) is 24.0 Å². The zero-order valence-electron chi connectivity index (χ0n) is 15.8. The van der Waals surface area contributed by atoms with E-state index in [4.69, 9.17) is 4.74 Å². The van der Waals surface area contributed by atoms with Gasteiger partial charge in [0, 0.05) is 25.7 Å². The van der Waals surface area contributed by atoms with E-state index in [0.717, 1.165) is 0 Å². The van der Waals surface area contributed by atoms with Gasteiger partial charge < -0.3 is 15.2 Å². The molecular formula is C19H23FN4O4. The molecule has 0 saturated carbocycles. The third-order valence-corrected chi connectivity index (χ3v) is 4.92. The van der Waals surface area contributed by atoms with Crippen LogP contribution >= 0.6 is 0 Å². The molecule has 1 aliphatic rings. The largest absolute Gasteiger partial charge is 0.481 e. The molecule has 2 aromatic rings. The molecule has 3 rings (SSSR count). The molecule has 1 aliphatic heterocycles.